The number of rotatable bonds is 4. The molecule has 1 aliphatic carbocycles. The first kappa shape index (κ1) is 12.2. The van der Waals surface area contributed by atoms with Crippen LogP contribution >= 0.6 is 0 Å². The molecule has 96 valence electrons. The summed E-state index contributed by atoms with van der Waals surface area (Å²) in [5.41, 5.74) is 0. The highest BCUT2D eigenvalue weighted by molar-refractivity contribution is 5.81. The molecular weight excluding hydrogens is 218 g/mol. The van der Waals surface area contributed by atoms with E-state index in [1.807, 2.05) is 11.8 Å². The van der Waals surface area contributed by atoms with Gasteiger partial charge in [-0.15, -0.1) is 0 Å². The summed E-state index contributed by atoms with van der Waals surface area (Å²) in [6, 6.07) is 0.00660. The lowest BCUT2D eigenvalue weighted by Gasteiger charge is -2.17. The lowest BCUT2D eigenvalue weighted by Crippen LogP contribution is -2.44. The topological polar surface area (TPSA) is 61.4 Å². The van der Waals surface area contributed by atoms with E-state index >= 15 is 0 Å². The van der Waals surface area contributed by atoms with Gasteiger partial charge in [0, 0.05) is 31.6 Å². The van der Waals surface area contributed by atoms with Gasteiger partial charge in [-0.05, 0) is 25.7 Å². The number of likely N-dealkylation sites (tertiary alicyclic amines) is 1. The van der Waals surface area contributed by atoms with Gasteiger partial charge in [-0.2, -0.15) is 0 Å². The van der Waals surface area contributed by atoms with Crippen molar-refractivity contribution < 1.29 is 9.59 Å². The quantitative estimate of drug-likeness (QED) is 0.759. The Bertz CT molecular complexity index is 302. The molecule has 0 aromatic heterocycles. The molecule has 5 nitrogen and oxygen atoms in total. The van der Waals surface area contributed by atoms with E-state index in [1.165, 1.54) is 0 Å². The van der Waals surface area contributed by atoms with E-state index in [4.69, 9.17) is 0 Å². The van der Waals surface area contributed by atoms with E-state index < -0.39 is 0 Å². The number of amides is 3. The van der Waals surface area contributed by atoms with Crippen LogP contribution in [0.1, 0.15) is 32.6 Å². The number of urea groups is 1. The van der Waals surface area contributed by atoms with Crippen molar-refractivity contribution in [3.05, 3.63) is 0 Å². The Balaban J connectivity index is 1.70. The minimum atomic E-state index is -0.113. The number of carbonyl (C=O) groups is 2. The van der Waals surface area contributed by atoms with Crippen molar-refractivity contribution >= 4 is 11.9 Å². The smallest absolute Gasteiger partial charge is 0.315 e. The van der Waals surface area contributed by atoms with E-state index in [0.29, 0.717) is 13.1 Å². The molecule has 1 aliphatic heterocycles. The van der Waals surface area contributed by atoms with Gasteiger partial charge in [0.2, 0.25) is 5.91 Å². The summed E-state index contributed by atoms with van der Waals surface area (Å²) in [5, 5.41) is 5.70. The first-order valence-electron chi connectivity index (χ1n) is 6.54. The molecule has 5 heteroatoms. The molecule has 1 unspecified atom stereocenters. The van der Waals surface area contributed by atoms with Crippen LogP contribution in [0.25, 0.3) is 0 Å². The summed E-state index contributed by atoms with van der Waals surface area (Å²) >= 11 is 0. The zero-order chi connectivity index (χ0) is 12.3. The van der Waals surface area contributed by atoms with Gasteiger partial charge in [0.15, 0.2) is 0 Å². The number of nitrogens with one attached hydrogen (secondary N) is 2. The molecule has 17 heavy (non-hydrogen) atoms. The van der Waals surface area contributed by atoms with Crippen molar-refractivity contribution in [2.75, 3.05) is 19.6 Å². The average Bonchev–Trinajstić information content (AvgIpc) is 3.06. The molecule has 1 atom stereocenters. The van der Waals surface area contributed by atoms with Crippen molar-refractivity contribution in [2.24, 2.45) is 5.92 Å². The molecule has 0 aromatic rings. The first-order valence-corrected chi connectivity index (χ1v) is 6.54. The fourth-order valence-electron chi connectivity index (χ4n) is 2.14. The molecule has 0 radical (unpaired) electrons. The van der Waals surface area contributed by atoms with Crippen molar-refractivity contribution in [1.29, 1.82) is 0 Å². The second-order valence-corrected chi connectivity index (χ2v) is 4.94. The molecule has 0 bridgehead atoms. The van der Waals surface area contributed by atoms with Crippen LogP contribution in [0.4, 0.5) is 4.79 Å². The third-order valence-electron chi connectivity index (χ3n) is 3.30. The Morgan fingerprint density at radius 3 is 2.71 bits per heavy atom. The van der Waals surface area contributed by atoms with Crippen LogP contribution in [0.5, 0.6) is 0 Å². The molecular formula is C12H21N3O2. The highest BCUT2D eigenvalue weighted by Crippen LogP contribution is 2.32. The maximum absolute atomic E-state index is 11.8. The highest BCUT2D eigenvalue weighted by Gasteiger charge is 2.36. The summed E-state index contributed by atoms with van der Waals surface area (Å²) < 4.78 is 0. The second kappa shape index (κ2) is 5.38. The van der Waals surface area contributed by atoms with E-state index in [9.17, 15) is 9.59 Å². The first-order chi connectivity index (χ1) is 8.20. The van der Waals surface area contributed by atoms with Gasteiger partial charge in [0.05, 0.1) is 0 Å². The monoisotopic (exact) mass is 239 g/mol. The van der Waals surface area contributed by atoms with Gasteiger partial charge in [-0.3, -0.25) is 4.79 Å². The van der Waals surface area contributed by atoms with Crippen LogP contribution in [-0.2, 0) is 4.79 Å². The Morgan fingerprint density at radius 2 is 2.06 bits per heavy atom. The van der Waals surface area contributed by atoms with Gasteiger partial charge in [-0.1, -0.05) is 6.92 Å². The summed E-state index contributed by atoms with van der Waals surface area (Å²) in [6.45, 7) is 4.18. The van der Waals surface area contributed by atoms with E-state index in [0.717, 1.165) is 32.2 Å². The molecule has 2 rings (SSSR count). The van der Waals surface area contributed by atoms with E-state index in [-0.39, 0.29) is 23.9 Å². The van der Waals surface area contributed by atoms with E-state index in [1.54, 1.807) is 0 Å². The Hall–Kier alpha value is -1.26. The second-order valence-electron chi connectivity index (χ2n) is 4.94. The Morgan fingerprint density at radius 1 is 1.29 bits per heavy atom. The molecule has 1 saturated heterocycles. The van der Waals surface area contributed by atoms with Crippen LogP contribution in [0.15, 0.2) is 0 Å². The number of carbonyl (C=O) groups excluding carboxylic acids is 2. The number of nitrogens with zero attached hydrogens (tertiary/aromatic N) is 1. The van der Waals surface area contributed by atoms with Crippen LogP contribution < -0.4 is 10.6 Å². The summed E-state index contributed by atoms with van der Waals surface area (Å²) in [5.74, 6) is 0.561. The van der Waals surface area contributed by atoms with Crippen molar-refractivity contribution in [3.63, 3.8) is 0 Å². The minimum absolute atomic E-state index is 0.113. The zero-order valence-corrected chi connectivity index (χ0v) is 10.4. The predicted molar refractivity (Wildman–Crippen MR) is 64.5 cm³/mol. The maximum atomic E-state index is 11.8. The minimum Gasteiger partial charge on any atom is -0.340 e. The molecule has 2 N–H and O–H groups in total. The van der Waals surface area contributed by atoms with Crippen molar-refractivity contribution in [2.45, 2.75) is 38.6 Å². The summed E-state index contributed by atoms with van der Waals surface area (Å²) in [4.78, 5) is 25.2. The molecule has 2 fully saturated rings. The lowest BCUT2D eigenvalue weighted by atomic mass is 10.3. The SMILES string of the molecule is CCCNC(=O)NC1CCN(C(=O)C2CC2)C1. The molecule has 1 saturated carbocycles. The van der Waals surface area contributed by atoms with Crippen LogP contribution in [0.3, 0.4) is 0 Å². The van der Waals surface area contributed by atoms with Crippen LogP contribution in [-0.4, -0.2) is 42.5 Å². The van der Waals surface area contributed by atoms with Gasteiger partial charge in [0.1, 0.15) is 0 Å². The Kier molecular flexibility index (Phi) is 3.86. The van der Waals surface area contributed by atoms with Gasteiger partial charge in [-0.25, -0.2) is 4.79 Å². The molecule has 2 aliphatic rings. The highest BCUT2D eigenvalue weighted by atomic mass is 16.2. The third-order valence-corrected chi connectivity index (χ3v) is 3.30. The van der Waals surface area contributed by atoms with Gasteiger partial charge in [0.25, 0.3) is 0 Å². The zero-order valence-electron chi connectivity index (χ0n) is 10.4. The number of hydrogen-bond donors (Lipinski definition) is 2. The van der Waals surface area contributed by atoms with Gasteiger partial charge >= 0.3 is 6.03 Å². The normalized spacial score (nSPS) is 23.6. The largest absolute Gasteiger partial charge is 0.340 e. The van der Waals surface area contributed by atoms with Crippen molar-refractivity contribution in [3.8, 4) is 0 Å². The summed E-state index contributed by atoms with van der Waals surface area (Å²) in [6.07, 6.45) is 3.90. The fourth-order valence-corrected chi connectivity index (χ4v) is 2.14. The van der Waals surface area contributed by atoms with Crippen molar-refractivity contribution in [1.82, 2.24) is 15.5 Å². The van der Waals surface area contributed by atoms with E-state index in [2.05, 4.69) is 10.6 Å². The average molecular weight is 239 g/mol. The summed E-state index contributed by atoms with van der Waals surface area (Å²) in [7, 11) is 0. The fraction of sp³-hybridized carbons (Fsp3) is 0.833. The maximum Gasteiger partial charge on any atom is 0.315 e. The molecule has 0 aromatic carbocycles. The Labute approximate surface area is 102 Å². The lowest BCUT2D eigenvalue weighted by molar-refractivity contribution is -0.131. The third kappa shape index (κ3) is 3.35. The molecule has 0 spiro atoms. The molecule has 1 heterocycles. The van der Waals surface area contributed by atoms with Crippen LogP contribution in [0, 0.1) is 5.92 Å². The number of hydrogen-bond acceptors (Lipinski definition) is 2. The molecule has 3 amide bonds. The van der Waals surface area contributed by atoms with Crippen LogP contribution in [0.2, 0.25) is 0 Å². The van der Waals surface area contributed by atoms with Gasteiger partial charge < -0.3 is 15.5 Å². The standard InChI is InChI=1S/C12H21N3O2/c1-2-6-13-12(17)14-10-5-7-15(8-10)11(16)9-3-4-9/h9-10H,2-8H2,1H3,(H2,13,14,17). The predicted octanol–water partition coefficient (Wildman–Crippen LogP) is 0.706.